The summed E-state index contributed by atoms with van der Waals surface area (Å²) >= 11 is 0. The van der Waals surface area contributed by atoms with Gasteiger partial charge in [0.2, 0.25) is 0 Å². The predicted molar refractivity (Wildman–Crippen MR) is 70.5 cm³/mol. The van der Waals surface area contributed by atoms with E-state index in [4.69, 9.17) is 0 Å². The Morgan fingerprint density at radius 2 is 1.60 bits per heavy atom. The van der Waals surface area contributed by atoms with Crippen LogP contribution in [0.25, 0.3) is 0 Å². The summed E-state index contributed by atoms with van der Waals surface area (Å²) in [4.78, 5) is 0. The molecule has 1 aliphatic heterocycles. The van der Waals surface area contributed by atoms with Gasteiger partial charge in [-0.2, -0.15) is 0 Å². The molecule has 0 saturated carbocycles. The molecular weight excluding hydrogens is 184 g/mol. The van der Waals surface area contributed by atoms with E-state index in [0.29, 0.717) is 0 Å². The van der Waals surface area contributed by atoms with Crippen LogP contribution >= 0.6 is 0 Å². The molecule has 0 aromatic rings. The fourth-order valence-electron chi connectivity index (χ4n) is 0.961. The van der Waals surface area contributed by atoms with E-state index in [1.54, 1.807) is 0 Å². The van der Waals surface area contributed by atoms with E-state index in [0.717, 1.165) is 24.9 Å². The highest BCUT2D eigenvalue weighted by Crippen LogP contribution is 2.07. The Balaban J connectivity index is 0. The molecule has 0 spiro atoms. The van der Waals surface area contributed by atoms with Gasteiger partial charge in [0.15, 0.2) is 0 Å². The standard InChI is InChI=1S/C7H14N2.C4H10.C2H6/c1-6(2)3-7-4-8-5-9-7;1-4(2)3;1-2/h4,6,8-9H,3,5H2,1-2H3;4H,1-3H3;1-2H3. The minimum absolute atomic E-state index is 0.753. The fourth-order valence-corrected chi connectivity index (χ4v) is 0.961. The minimum Gasteiger partial charge on any atom is -0.372 e. The van der Waals surface area contributed by atoms with E-state index in [1.807, 2.05) is 13.8 Å². The lowest BCUT2D eigenvalue weighted by Crippen LogP contribution is -2.14. The van der Waals surface area contributed by atoms with Gasteiger partial charge in [0.25, 0.3) is 0 Å². The van der Waals surface area contributed by atoms with Crippen LogP contribution in [0, 0.1) is 11.8 Å². The monoisotopic (exact) mass is 214 g/mol. The van der Waals surface area contributed by atoms with E-state index in [1.165, 1.54) is 5.70 Å². The van der Waals surface area contributed by atoms with E-state index in [-0.39, 0.29) is 0 Å². The Labute approximate surface area is 96.5 Å². The molecule has 0 radical (unpaired) electrons. The van der Waals surface area contributed by atoms with Gasteiger partial charge >= 0.3 is 0 Å². The molecule has 1 heterocycles. The van der Waals surface area contributed by atoms with Gasteiger partial charge in [-0.15, -0.1) is 0 Å². The minimum atomic E-state index is 0.753. The topological polar surface area (TPSA) is 24.1 Å². The summed E-state index contributed by atoms with van der Waals surface area (Å²) in [6.45, 7) is 15.9. The zero-order valence-corrected chi connectivity index (χ0v) is 11.6. The maximum absolute atomic E-state index is 3.24. The quantitative estimate of drug-likeness (QED) is 0.732. The molecule has 0 atom stereocenters. The lowest BCUT2D eigenvalue weighted by atomic mass is 10.1. The first-order valence-electron chi connectivity index (χ1n) is 6.18. The molecule has 92 valence electrons. The zero-order chi connectivity index (χ0) is 12.3. The van der Waals surface area contributed by atoms with Gasteiger partial charge in [-0.05, 0) is 18.3 Å². The van der Waals surface area contributed by atoms with Crippen molar-refractivity contribution < 1.29 is 0 Å². The van der Waals surface area contributed by atoms with Crippen LogP contribution in [0.5, 0.6) is 0 Å². The largest absolute Gasteiger partial charge is 0.372 e. The Kier molecular flexibility index (Phi) is 12.8. The Morgan fingerprint density at radius 1 is 1.13 bits per heavy atom. The van der Waals surface area contributed by atoms with Crippen molar-refractivity contribution in [2.75, 3.05) is 6.67 Å². The number of rotatable bonds is 2. The third-order valence-corrected chi connectivity index (χ3v) is 1.32. The second-order valence-corrected chi connectivity index (χ2v) is 4.56. The molecular formula is C13H30N2. The predicted octanol–water partition coefficient (Wildman–Crippen LogP) is 3.71. The molecule has 1 aliphatic rings. The van der Waals surface area contributed by atoms with Crippen LogP contribution in [0.3, 0.4) is 0 Å². The Hall–Kier alpha value is -0.660. The van der Waals surface area contributed by atoms with Crippen molar-refractivity contribution in [1.82, 2.24) is 10.6 Å². The van der Waals surface area contributed by atoms with Crippen molar-refractivity contribution in [3.05, 3.63) is 11.9 Å². The Bertz CT molecular complexity index is 146. The average molecular weight is 214 g/mol. The van der Waals surface area contributed by atoms with E-state index < -0.39 is 0 Å². The molecule has 15 heavy (non-hydrogen) atoms. The van der Waals surface area contributed by atoms with Crippen molar-refractivity contribution in [2.24, 2.45) is 11.8 Å². The molecule has 2 heteroatoms. The Morgan fingerprint density at radius 3 is 1.87 bits per heavy atom. The van der Waals surface area contributed by atoms with Gasteiger partial charge < -0.3 is 10.6 Å². The van der Waals surface area contributed by atoms with Crippen LogP contribution < -0.4 is 10.6 Å². The summed E-state index contributed by atoms with van der Waals surface area (Å²) in [5.74, 6) is 1.59. The molecule has 0 aromatic heterocycles. The van der Waals surface area contributed by atoms with Crippen LogP contribution in [0.4, 0.5) is 0 Å². The zero-order valence-electron chi connectivity index (χ0n) is 11.6. The van der Waals surface area contributed by atoms with E-state index in [9.17, 15) is 0 Å². The maximum atomic E-state index is 3.24. The maximum Gasteiger partial charge on any atom is 0.0843 e. The van der Waals surface area contributed by atoms with Gasteiger partial charge in [-0.25, -0.2) is 0 Å². The molecule has 0 aromatic carbocycles. The van der Waals surface area contributed by atoms with Crippen molar-refractivity contribution in [2.45, 2.75) is 54.9 Å². The summed E-state index contributed by atoms with van der Waals surface area (Å²) in [7, 11) is 0. The van der Waals surface area contributed by atoms with Crippen molar-refractivity contribution >= 4 is 0 Å². The number of allylic oxidation sites excluding steroid dienone is 1. The van der Waals surface area contributed by atoms with Gasteiger partial charge in [0.1, 0.15) is 0 Å². The second-order valence-electron chi connectivity index (χ2n) is 4.56. The highest BCUT2D eigenvalue weighted by Gasteiger charge is 2.03. The van der Waals surface area contributed by atoms with Gasteiger partial charge in [0.05, 0.1) is 6.67 Å². The molecule has 0 amide bonds. The second kappa shape index (κ2) is 11.4. The first-order chi connectivity index (χ1) is 7.02. The number of hydrogen-bond acceptors (Lipinski definition) is 2. The molecule has 0 unspecified atom stereocenters. The summed E-state index contributed by atoms with van der Waals surface area (Å²) in [5, 5.41) is 6.34. The van der Waals surface area contributed by atoms with E-state index >= 15 is 0 Å². The van der Waals surface area contributed by atoms with Crippen LogP contribution in [-0.2, 0) is 0 Å². The first-order valence-corrected chi connectivity index (χ1v) is 6.18. The van der Waals surface area contributed by atoms with Crippen molar-refractivity contribution in [3.8, 4) is 0 Å². The smallest absolute Gasteiger partial charge is 0.0843 e. The summed E-state index contributed by atoms with van der Waals surface area (Å²) in [5.41, 5.74) is 1.34. The molecule has 0 aliphatic carbocycles. The lowest BCUT2D eigenvalue weighted by Gasteiger charge is -2.04. The van der Waals surface area contributed by atoms with Gasteiger partial charge in [0, 0.05) is 11.9 Å². The SMILES string of the molecule is CC.CC(C)C.CC(C)CC1=CNCN1. The molecule has 0 saturated heterocycles. The average Bonchev–Trinajstić information content (AvgIpc) is 2.58. The van der Waals surface area contributed by atoms with Crippen molar-refractivity contribution in [3.63, 3.8) is 0 Å². The first kappa shape index (κ1) is 16.8. The highest BCUT2D eigenvalue weighted by atomic mass is 15.1. The molecule has 0 bridgehead atoms. The number of nitrogens with one attached hydrogen (secondary N) is 2. The normalized spacial score (nSPS) is 13.0. The summed E-state index contributed by atoms with van der Waals surface area (Å²) in [6, 6.07) is 0. The van der Waals surface area contributed by atoms with Crippen LogP contribution in [-0.4, -0.2) is 6.67 Å². The van der Waals surface area contributed by atoms with Crippen LogP contribution in [0.15, 0.2) is 11.9 Å². The molecule has 0 fully saturated rings. The highest BCUT2D eigenvalue weighted by molar-refractivity contribution is 5.03. The molecule has 1 rings (SSSR count). The summed E-state index contributed by atoms with van der Waals surface area (Å²) < 4.78 is 0. The third kappa shape index (κ3) is 16.0. The van der Waals surface area contributed by atoms with Crippen LogP contribution in [0.2, 0.25) is 0 Å². The van der Waals surface area contributed by atoms with Gasteiger partial charge in [-0.1, -0.05) is 48.5 Å². The van der Waals surface area contributed by atoms with Gasteiger partial charge in [-0.3, -0.25) is 0 Å². The van der Waals surface area contributed by atoms with Crippen LogP contribution in [0.1, 0.15) is 54.9 Å². The van der Waals surface area contributed by atoms with Crippen molar-refractivity contribution in [1.29, 1.82) is 0 Å². The third-order valence-electron chi connectivity index (χ3n) is 1.32. The summed E-state index contributed by atoms with van der Waals surface area (Å²) in [6.07, 6.45) is 3.22. The molecule has 2 N–H and O–H groups in total. The van der Waals surface area contributed by atoms with E-state index in [2.05, 4.69) is 51.5 Å². The lowest BCUT2D eigenvalue weighted by molar-refractivity contribution is 0.615. The fraction of sp³-hybridized carbons (Fsp3) is 0.846. The molecule has 2 nitrogen and oxygen atoms in total. The number of hydrogen-bond donors (Lipinski definition) is 2.